The molecule has 7 aromatic rings. The molecule has 7 heteroatoms. The summed E-state index contributed by atoms with van der Waals surface area (Å²) in [5.74, 6) is 1.99. The van der Waals surface area contributed by atoms with Crippen LogP contribution in [0.2, 0.25) is 0 Å². The van der Waals surface area contributed by atoms with Crippen LogP contribution in [-0.2, 0) is 6.61 Å². The monoisotopic (exact) mass is 551 g/mol. The van der Waals surface area contributed by atoms with Crippen LogP contribution in [0.15, 0.2) is 130 Å². The van der Waals surface area contributed by atoms with Gasteiger partial charge in [0.25, 0.3) is 5.56 Å². The molecule has 2 aromatic heterocycles. The van der Waals surface area contributed by atoms with Crippen molar-refractivity contribution in [2.45, 2.75) is 6.61 Å². The molecular weight excluding hydrogens is 526 g/mol. The van der Waals surface area contributed by atoms with Crippen molar-refractivity contribution >= 4 is 38.9 Å². The van der Waals surface area contributed by atoms with Crippen molar-refractivity contribution in [3.63, 3.8) is 0 Å². The molecule has 0 amide bonds. The Morgan fingerprint density at radius 1 is 0.810 bits per heavy atom. The molecular formula is C35H25N3O4. The van der Waals surface area contributed by atoms with Crippen LogP contribution in [0, 0.1) is 0 Å². The van der Waals surface area contributed by atoms with Crippen LogP contribution in [-0.4, -0.2) is 23.0 Å². The Kier molecular flexibility index (Phi) is 6.45. The number of benzene rings is 5. The van der Waals surface area contributed by atoms with E-state index in [2.05, 4.69) is 0 Å². The standard InChI is InChI=1S/C35H25N3O4/c1-40-30-16-9-17-32-27(30)20-33(42-32)34-37-29-15-8-7-14-26(29)35(39)38(34)36-21-28-25-13-6-5-12-24(25)18-19-31(28)41-22-23-10-3-2-4-11-23/h2-21H,22H2,1H3. The van der Waals surface area contributed by atoms with E-state index in [9.17, 15) is 4.79 Å². The van der Waals surface area contributed by atoms with Crippen LogP contribution in [0.5, 0.6) is 11.5 Å². The van der Waals surface area contributed by atoms with Crippen molar-refractivity contribution in [1.29, 1.82) is 0 Å². The minimum Gasteiger partial charge on any atom is -0.496 e. The van der Waals surface area contributed by atoms with Gasteiger partial charge in [0.2, 0.25) is 5.82 Å². The van der Waals surface area contributed by atoms with E-state index in [4.69, 9.17) is 24.0 Å². The van der Waals surface area contributed by atoms with E-state index < -0.39 is 0 Å². The van der Waals surface area contributed by atoms with E-state index in [0.29, 0.717) is 40.4 Å². The van der Waals surface area contributed by atoms with E-state index >= 15 is 0 Å². The van der Waals surface area contributed by atoms with Crippen LogP contribution in [0.25, 0.3) is 44.2 Å². The molecule has 0 atom stereocenters. The van der Waals surface area contributed by atoms with Gasteiger partial charge in [0.05, 0.1) is 29.6 Å². The van der Waals surface area contributed by atoms with E-state index in [-0.39, 0.29) is 11.4 Å². The molecule has 0 unspecified atom stereocenters. The van der Waals surface area contributed by atoms with Crippen LogP contribution in [0.3, 0.4) is 0 Å². The third-order valence-corrected chi connectivity index (χ3v) is 7.19. The van der Waals surface area contributed by atoms with E-state index in [0.717, 1.165) is 27.3 Å². The number of rotatable bonds is 7. The highest BCUT2D eigenvalue weighted by molar-refractivity contribution is 6.02. The van der Waals surface area contributed by atoms with Crippen LogP contribution in [0.1, 0.15) is 11.1 Å². The summed E-state index contributed by atoms with van der Waals surface area (Å²) in [6.07, 6.45) is 1.66. The second-order valence-electron chi connectivity index (χ2n) is 9.77. The SMILES string of the molecule is COc1cccc2oc(-c3nc4ccccc4c(=O)n3N=Cc3c(OCc4ccccc4)ccc4ccccc34)cc12. The molecule has 0 spiro atoms. The van der Waals surface area contributed by atoms with Crippen LogP contribution < -0.4 is 15.0 Å². The number of ether oxygens (including phenoxy) is 2. The smallest absolute Gasteiger partial charge is 0.282 e. The highest BCUT2D eigenvalue weighted by Gasteiger charge is 2.18. The summed E-state index contributed by atoms with van der Waals surface area (Å²) in [4.78, 5) is 18.7. The van der Waals surface area contributed by atoms with Gasteiger partial charge in [-0.1, -0.05) is 78.9 Å². The zero-order chi connectivity index (χ0) is 28.5. The zero-order valence-corrected chi connectivity index (χ0v) is 22.7. The minimum atomic E-state index is -0.314. The fourth-order valence-electron chi connectivity index (χ4n) is 5.10. The van der Waals surface area contributed by atoms with Crippen molar-refractivity contribution in [3.05, 3.63) is 137 Å². The first kappa shape index (κ1) is 25.3. The Morgan fingerprint density at radius 3 is 2.45 bits per heavy atom. The van der Waals surface area contributed by atoms with Crippen molar-refractivity contribution in [3.8, 4) is 23.1 Å². The molecule has 0 saturated carbocycles. The van der Waals surface area contributed by atoms with Crippen molar-refractivity contribution < 1.29 is 13.9 Å². The van der Waals surface area contributed by atoms with Crippen molar-refractivity contribution in [2.75, 3.05) is 7.11 Å². The predicted molar refractivity (Wildman–Crippen MR) is 165 cm³/mol. The molecule has 0 saturated heterocycles. The molecule has 204 valence electrons. The zero-order valence-electron chi connectivity index (χ0n) is 22.7. The molecule has 0 fully saturated rings. The summed E-state index contributed by atoms with van der Waals surface area (Å²) in [5.41, 5.74) is 2.65. The molecule has 0 aliphatic rings. The Bertz CT molecular complexity index is 2160. The number of furan rings is 1. The second-order valence-corrected chi connectivity index (χ2v) is 9.77. The molecule has 7 nitrogen and oxygen atoms in total. The average Bonchev–Trinajstić information content (AvgIpc) is 3.48. The molecule has 42 heavy (non-hydrogen) atoms. The predicted octanol–water partition coefficient (Wildman–Crippen LogP) is 7.43. The maximum absolute atomic E-state index is 13.9. The number of para-hydroxylation sites is 1. The van der Waals surface area contributed by atoms with Gasteiger partial charge in [0.15, 0.2) is 5.76 Å². The van der Waals surface area contributed by atoms with Gasteiger partial charge < -0.3 is 13.9 Å². The number of hydrogen-bond acceptors (Lipinski definition) is 6. The summed E-state index contributed by atoms with van der Waals surface area (Å²) in [6, 6.07) is 36.5. The van der Waals surface area contributed by atoms with E-state index in [1.807, 2.05) is 103 Å². The van der Waals surface area contributed by atoms with Crippen LogP contribution >= 0.6 is 0 Å². The van der Waals surface area contributed by atoms with Crippen molar-refractivity contribution in [1.82, 2.24) is 9.66 Å². The molecule has 0 aliphatic carbocycles. The molecule has 0 aliphatic heterocycles. The number of methoxy groups -OCH3 is 1. The third-order valence-electron chi connectivity index (χ3n) is 7.19. The van der Waals surface area contributed by atoms with Crippen LogP contribution in [0.4, 0.5) is 0 Å². The molecule has 0 bridgehead atoms. The first-order valence-corrected chi connectivity index (χ1v) is 13.5. The lowest BCUT2D eigenvalue weighted by Crippen LogP contribution is -2.20. The normalized spacial score (nSPS) is 11.5. The quantitative estimate of drug-likeness (QED) is 0.193. The number of hydrogen-bond donors (Lipinski definition) is 0. The highest BCUT2D eigenvalue weighted by Crippen LogP contribution is 2.33. The lowest BCUT2D eigenvalue weighted by Gasteiger charge is -2.12. The Hall–Kier alpha value is -5.69. The lowest BCUT2D eigenvalue weighted by molar-refractivity contribution is 0.306. The number of fused-ring (bicyclic) bond motifs is 3. The maximum Gasteiger partial charge on any atom is 0.282 e. The number of aromatic nitrogens is 2. The Morgan fingerprint density at radius 2 is 1.60 bits per heavy atom. The van der Waals surface area contributed by atoms with Gasteiger partial charge in [-0.15, -0.1) is 0 Å². The highest BCUT2D eigenvalue weighted by atomic mass is 16.5. The summed E-state index contributed by atoms with van der Waals surface area (Å²) in [6.45, 7) is 0.392. The van der Waals surface area contributed by atoms with E-state index in [1.54, 1.807) is 25.5 Å². The average molecular weight is 552 g/mol. The Balaban J connectivity index is 1.40. The van der Waals surface area contributed by atoms with Gasteiger partial charge in [0, 0.05) is 5.56 Å². The maximum atomic E-state index is 13.9. The molecule has 5 aromatic carbocycles. The Labute approximate surface area is 240 Å². The fourth-order valence-corrected chi connectivity index (χ4v) is 5.10. The first-order chi connectivity index (χ1) is 20.7. The third kappa shape index (κ3) is 4.57. The fraction of sp³-hybridized carbons (Fsp3) is 0.0571. The summed E-state index contributed by atoms with van der Waals surface area (Å²) in [7, 11) is 1.61. The summed E-state index contributed by atoms with van der Waals surface area (Å²) in [5, 5.41) is 7.93. The largest absolute Gasteiger partial charge is 0.496 e. The summed E-state index contributed by atoms with van der Waals surface area (Å²) >= 11 is 0. The molecule has 7 rings (SSSR count). The van der Waals surface area contributed by atoms with Gasteiger partial charge in [-0.3, -0.25) is 4.79 Å². The van der Waals surface area contributed by atoms with Crippen molar-refractivity contribution in [2.24, 2.45) is 5.10 Å². The van der Waals surface area contributed by atoms with E-state index in [1.165, 1.54) is 4.68 Å². The van der Waals surface area contributed by atoms with Gasteiger partial charge in [0.1, 0.15) is 23.7 Å². The lowest BCUT2D eigenvalue weighted by atomic mass is 10.0. The van der Waals surface area contributed by atoms with Gasteiger partial charge in [-0.05, 0) is 52.7 Å². The second kappa shape index (κ2) is 10.7. The summed E-state index contributed by atoms with van der Waals surface area (Å²) < 4.78 is 19.3. The minimum absolute atomic E-state index is 0.278. The first-order valence-electron chi connectivity index (χ1n) is 13.5. The topological polar surface area (TPSA) is 78.9 Å². The molecule has 0 N–H and O–H groups in total. The molecule has 2 heterocycles. The van der Waals surface area contributed by atoms with Gasteiger partial charge in [-0.2, -0.15) is 9.78 Å². The number of nitrogens with zero attached hydrogens (tertiary/aromatic N) is 3. The van der Waals surface area contributed by atoms with Gasteiger partial charge in [-0.25, -0.2) is 4.98 Å². The molecule has 0 radical (unpaired) electrons. The van der Waals surface area contributed by atoms with Gasteiger partial charge >= 0.3 is 0 Å².